The molecule has 124 valence electrons. The predicted molar refractivity (Wildman–Crippen MR) is 92.1 cm³/mol. The molecule has 3 heterocycles. The van der Waals surface area contributed by atoms with Gasteiger partial charge in [-0.1, -0.05) is 0 Å². The maximum Gasteiger partial charge on any atom is 0.254 e. The van der Waals surface area contributed by atoms with Gasteiger partial charge in [-0.25, -0.2) is 0 Å². The molecule has 2 aliphatic rings. The smallest absolute Gasteiger partial charge is 0.254 e. The zero-order valence-electron chi connectivity index (χ0n) is 13.1. The molecule has 0 bridgehead atoms. The number of nitrogens with zero attached hydrogens (tertiary/aromatic N) is 3. The molecule has 1 aromatic heterocycles. The quantitative estimate of drug-likeness (QED) is 0.929. The normalized spacial score (nSPS) is 19.9. The van der Waals surface area contributed by atoms with E-state index in [0.717, 1.165) is 36.5 Å². The van der Waals surface area contributed by atoms with Crippen molar-refractivity contribution in [3.05, 3.63) is 42.2 Å². The van der Waals surface area contributed by atoms with Gasteiger partial charge in [-0.15, -0.1) is 11.8 Å². The Hall–Kier alpha value is -2.28. The van der Waals surface area contributed by atoms with Crippen molar-refractivity contribution in [1.29, 1.82) is 0 Å². The van der Waals surface area contributed by atoms with E-state index in [2.05, 4.69) is 10.4 Å². The van der Waals surface area contributed by atoms with Gasteiger partial charge in [-0.3, -0.25) is 14.3 Å². The molecule has 1 saturated heterocycles. The number of carbonyl (C=O) groups excluding carboxylic acids is 2. The van der Waals surface area contributed by atoms with E-state index in [9.17, 15) is 9.59 Å². The number of amides is 2. The van der Waals surface area contributed by atoms with Crippen LogP contribution >= 0.6 is 11.8 Å². The van der Waals surface area contributed by atoms with Crippen LogP contribution in [-0.2, 0) is 11.3 Å². The molecule has 0 unspecified atom stereocenters. The molecule has 7 heteroatoms. The molecule has 2 amide bonds. The van der Waals surface area contributed by atoms with E-state index in [1.54, 1.807) is 12.3 Å². The Kier molecular flexibility index (Phi) is 4.02. The van der Waals surface area contributed by atoms with Crippen LogP contribution in [0.5, 0.6) is 0 Å². The summed E-state index contributed by atoms with van der Waals surface area (Å²) in [5.41, 5.74) is 1.37. The van der Waals surface area contributed by atoms with Gasteiger partial charge in [0.1, 0.15) is 0 Å². The van der Waals surface area contributed by atoms with Crippen LogP contribution in [0.3, 0.4) is 0 Å². The van der Waals surface area contributed by atoms with Gasteiger partial charge in [0.2, 0.25) is 5.91 Å². The first-order valence-corrected chi connectivity index (χ1v) is 9.04. The number of hydrogen-bond acceptors (Lipinski definition) is 4. The van der Waals surface area contributed by atoms with Gasteiger partial charge in [0.05, 0.1) is 24.0 Å². The van der Waals surface area contributed by atoms with Gasteiger partial charge >= 0.3 is 0 Å². The molecule has 24 heavy (non-hydrogen) atoms. The minimum Gasteiger partial charge on any atom is -0.334 e. The second-order valence-electron chi connectivity index (χ2n) is 6.07. The average Bonchev–Trinajstić information content (AvgIpc) is 3.26. The van der Waals surface area contributed by atoms with Crippen molar-refractivity contribution in [2.24, 2.45) is 0 Å². The maximum absolute atomic E-state index is 12.9. The summed E-state index contributed by atoms with van der Waals surface area (Å²) >= 11 is 1.50. The average molecular weight is 342 g/mol. The van der Waals surface area contributed by atoms with Gasteiger partial charge in [0, 0.05) is 29.4 Å². The van der Waals surface area contributed by atoms with E-state index < -0.39 is 0 Å². The highest BCUT2D eigenvalue weighted by atomic mass is 32.2. The molecule has 4 rings (SSSR count). The fourth-order valence-corrected chi connectivity index (χ4v) is 4.09. The van der Waals surface area contributed by atoms with Crippen LogP contribution in [0, 0.1) is 0 Å². The first kappa shape index (κ1) is 15.3. The van der Waals surface area contributed by atoms with Gasteiger partial charge in [-0.05, 0) is 37.1 Å². The highest BCUT2D eigenvalue weighted by Crippen LogP contribution is 2.33. The monoisotopic (exact) mass is 342 g/mol. The van der Waals surface area contributed by atoms with E-state index in [0.29, 0.717) is 11.3 Å². The van der Waals surface area contributed by atoms with Gasteiger partial charge < -0.3 is 10.2 Å². The molecule has 0 radical (unpaired) electrons. The molecule has 1 atom stereocenters. The van der Waals surface area contributed by atoms with E-state index >= 15 is 0 Å². The Balaban J connectivity index is 1.54. The second kappa shape index (κ2) is 6.32. The van der Waals surface area contributed by atoms with Gasteiger partial charge in [-0.2, -0.15) is 5.10 Å². The molecule has 0 spiro atoms. The summed E-state index contributed by atoms with van der Waals surface area (Å²) in [4.78, 5) is 27.4. The van der Waals surface area contributed by atoms with Crippen molar-refractivity contribution < 1.29 is 9.59 Å². The minimum atomic E-state index is -0.0187. The van der Waals surface area contributed by atoms with Crippen LogP contribution in [0.2, 0.25) is 0 Å². The summed E-state index contributed by atoms with van der Waals surface area (Å²) in [6, 6.07) is 7.63. The summed E-state index contributed by atoms with van der Waals surface area (Å²) in [6.45, 7) is 1.49. The first-order valence-electron chi connectivity index (χ1n) is 8.06. The number of hydrogen-bond donors (Lipinski definition) is 1. The summed E-state index contributed by atoms with van der Waals surface area (Å²) < 4.78 is 1.87. The van der Waals surface area contributed by atoms with Crippen LogP contribution in [0.4, 0.5) is 5.69 Å². The zero-order chi connectivity index (χ0) is 16.5. The summed E-state index contributed by atoms with van der Waals surface area (Å²) in [6.07, 6.45) is 5.68. The van der Waals surface area contributed by atoms with Crippen LogP contribution in [-0.4, -0.2) is 44.8 Å². The summed E-state index contributed by atoms with van der Waals surface area (Å²) in [5.74, 6) is 0.436. The number of carbonyl (C=O) groups is 2. The Morgan fingerprint density at radius 3 is 3.17 bits per heavy atom. The molecule has 1 N–H and O–H groups in total. The van der Waals surface area contributed by atoms with Crippen LogP contribution in [0.1, 0.15) is 23.2 Å². The predicted octanol–water partition coefficient (Wildman–Crippen LogP) is 2.23. The van der Waals surface area contributed by atoms with E-state index in [4.69, 9.17) is 0 Å². The lowest BCUT2D eigenvalue weighted by molar-refractivity contribution is -0.113. The third-order valence-electron chi connectivity index (χ3n) is 4.45. The van der Waals surface area contributed by atoms with Crippen molar-refractivity contribution in [2.75, 3.05) is 17.6 Å². The third-order valence-corrected chi connectivity index (χ3v) is 5.53. The van der Waals surface area contributed by atoms with Crippen molar-refractivity contribution in [2.45, 2.75) is 30.3 Å². The zero-order valence-corrected chi connectivity index (χ0v) is 14.0. The molecule has 0 aliphatic carbocycles. The first-order chi connectivity index (χ1) is 11.7. The molecule has 6 nitrogen and oxygen atoms in total. The Morgan fingerprint density at radius 2 is 2.33 bits per heavy atom. The molecular weight excluding hydrogens is 324 g/mol. The number of rotatable bonds is 3. The maximum atomic E-state index is 12.9. The summed E-state index contributed by atoms with van der Waals surface area (Å²) in [7, 11) is 0. The lowest BCUT2D eigenvalue weighted by Crippen LogP contribution is -2.38. The molecule has 1 aromatic carbocycles. The number of fused-ring (bicyclic) bond motifs is 1. The lowest BCUT2D eigenvalue weighted by atomic mass is 10.1. The molecule has 2 aromatic rings. The Labute approximate surface area is 144 Å². The highest BCUT2D eigenvalue weighted by molar-refractivity contribution is 8.00. The number of nitrogens with one attached hydrogen (secondary N) is 1. The van der Waals surface area contributed by atoms with Crippen LogP contribution in [0.25, 0.3) is 0 Å². The van der Waals surface area contributed by atoms with Gasteiger partial charge in [0.15, 0.2) is 0 Å². The standard InChI is InChI=1S/C17H18N4O2S/c22-16-11-24-15-5-4-12(9-14(15)19-16)17(23)21-8-1-3-13(21)10-20-7-2-6-18-20/h2,4-7,9,13H,1,3,8,10-11H2,(H,19,22)/t13-/m0/s1. The Bertz CT molecular complexity index is 775. The van der Waals surface area contributed by atoms with E-state index in [1.807, 2.05) is 34.0 Å². The fraction of sp³-hybridized carbons (Fsp3) is 0.353. The van der Waals surface area contributed by atoms with Gasteiger partial charge in [0.25, 0.3) is 5.91 Å². The van der Waals surface area contributed by atoms with Crippen molar-refractivity contribution in [1.82, 2.24) is 14.7 Å². The largest absolute Gasteiger partial charge is 0.334 e. The number of anilines is 1. The molecular formula is C17H18N4O2S. The SMILES string of the molecule is O=C1CSc2ccc(C(=O)N3CCC[C@H]3Cn3cccn3)cc2N1. The third kappa shape index (κ3) is 2.91. The number of likely N-dealkylation sites (tertiary alicyclic amines) is 1. The number of thioether (sulfide) groups is 1. The van der Waals surface area contributed by atoms with Crippen LogP contribution in [0.15, 0.2) is 41.6 Å². The number of benzene rings is 1. The molecule has 0 saturated carbocycles. The molecule has 2 aliphatic heterocycles. The highest BCUT2D eigenvalue weighted by Gasteiger charge is 2.30. The summed E-state index contributed by atoms with van der Waals surface area (Å²) in [5, 5.41) is 7.09. The second-order valence-corrected chi connectivity index (χ2v) is 7.09. The Morgan fingerprint density at radius 1 is 1.42 bits per heavy atom. The van der Waals surface area contributed by atoms with Crippen molar-refractivity contribution in [3.8, 4) is 0 Å². The minimum absolute atomic E-state index is 0.0187. The molecule has 1 fully saturated rings. The van der Waals surface area contributed by atoms with E-state index in [-0.39, 0.29) is 17.9 Å². The number of aromatic nitrogens is 2. The van der Waals surface area contributed by atoms with Crippen molar-refractivity contribution in [3.63, 3.8) is 0 Å². The lowest BCUT2D eigenvalue weighted by Gasteiger charge is -2.25. The topological polar surface area (TPSA) is 67.2 Å². The van der Waals surface area contributed by atoms with E-state index in [1.165, 1.54) is 11.8 Å². The van der Waals surface area contributed by atoms with Crippen molar-refractivity contribution >= 4 is 29.3 Å². The van der Waals surface area contributed by atoms with Crippen LogP contribution < -0.4 is 5.32 Å². The fourth-order valence-electron chi connectivity index (χ4n) is 3.30.